The highest BCUT2D eigenvalue weighted by atomic mass is 79.9. The molecule has 0 unspecified atom stereocenters. The Morgan fingerprint density at radius 3 is 2.50 bits per heavy atom. The van der Waals surface area contributed by atoms with Gasteiger partial charge in [0.1, 0.15) is 0 Å². The maximum Gasteiger partial charge on any atom is 0.0662 e. The van der Waals surface area contributed by atoms with E-state index < -0.39 is 0 Å². The molecule has 0 aromatic heterocycles. The Bertz CT molecular complexity index is 299. The first-order valence-corrected chi connectivity index (χ1v) is 6.53. The van der Waals surface area contributed by atoms with Crippen LogP contribution < -0.4 is 0 Å². The largest absolute Gasteiger partial charge is 0.392 e. The molecule has 1 saturated carbocycles. The van der Waals surface area contributed by atoms with Crippen molar-refractivity contribution in [1.29, 1.82) is 0 Å². The molecule has 3 heteroatoms. The van der Waals surface area contributed by atoms with E-state index in [4.69, 9.17) is 0 Å². The summed E-state index contributed by atoms with van der Waals surface area (Å²) in [4.78, 5) is 1.25. The van der Waals surface area contributed by atoms with E-state index in [0.717, 1.165) is 23.7 Å². The summed E-state index contributed by atoms with van der Waals surface area (Å²) in [5.41, 5.74) is 0. The second-order valence-corrected chi connectivity index (χ2v) is 5.84. The van der Waals surface area contributed by atoms with Crippen LogP contribution in [0.15, 0.2) is 33.6 Å². The predicted octanol–water partition coefficient (Wildman–Crippen LogP) is 3.45. The topological polar surface area (TPSA) is 20.2 Å². The summed E-state index contributed by atoms with van der Waals surface area (Å²) in [6.45, 7) is 0. The fourth-order valence-corrected chi connectivity index (χ4v) is 3.22. The zero-order valence-electron chi connectivity index (χ0n) is 7.82. The molecular formula is C11H13BrOS. The number of hydrogen-bond donors (Lipinski definition) is 1. The number of halogens is 1. The minimum absolute atomic E-state index is 0.108. The Morgan fingerprint density at radius 1 is 1.21 bits per heavy atom. The molecule has 1 nitrogen and oxygen atoms in total. The molecule has 1 aromatic rings. The van der Waals surface area contributed by atoms with Crippen LogP contribution in [0.4, 0.5) is 0 Å². The van der Waals surface area contributed by atoms with Crippen molar-refractivity contribution in [3.8, 4) is 0 Å². The van der Waals surface area contributed by atoms with Crippen LogP contribution in [-0.2, 0) is 0 Å². The molecule has 0 spiro atoms. The summed E-state index contributed by atoms with van der Waals surface area (Å²) >= 11 is 5.21. The molecule has 1 aromatic carbocycles. The van der Waals surface area contributed by atoms with E-state index in [2.05, 4.69) is 28.1 Å². The van der Waals surface area contributed by atoms with Crippen LogP contribution in [0.25, 0.3) is 0 Å². The van der Waals surface area contributed by atoms with Crippen LogP contribution in [0, 0.1) is 0 Å². The van der Waals surface area contributed by atoms with Gasteiger partial charge >= 0.3 is 0 Å². The smallest absolute Gasteiger partial charge is 0.0662 e. The first-order chi connectivity index (χ1) is 6.75. The maximum absolute atomic E-state index is 9.67. The van der Waals surface area contributed by atoms with E-state index in [1.165, 1.54) is 4.90 Å². The zero-order valence-corrected chi connectivity index (χ0v) is 10.2. The highest BCUT2D eigenvalue weighted by Crippen LogP contribution is 2.35. The summed E-state index contributed by atoms with van der Waals surface area (Å²) in [5, 5.41) is 10.1. The normalized spacial score (nSPS) is 26.7. The Morgan fingerprint density at radius 2 is 1.93 bits per heavy atom. The lowest BCUT2D eigenvalue weighted by Crippen LogP contribution is -2.14. The van der Waals surface area contributed by atoms with Gasteiger partial charge in [0.15, 0.2) is 0 Å². The van der Waals surface area contributed by atoms with Crippen LogP contribution in [0.2, 0.25) is 0 Å². The molecule has 14 heavy (non-hydrogen) atoms. The van der Waals surface area contributed by atoms with Crippen LogP contribution in [0.3, 0.4) is 0 Å². The van der Waals surface area contributed by atoms with Crippen molar-refractivity contribution in [2.75, 3.05) is 0 Å². The van der Waals surface area contributed by atoms with Crippen LogP contribution in [0.1, 0.15) is 19.3 Å². The number of hydrogen-bond acceptors (Lipinski definition) is 2. The average Bonchev–Trinajstić information content (AvgIpc) is 2.56. The molecule has 1 N–H and O–H groups in total. The molecular weight excluding hydrogens is 260 g/mol. The van der Waals surface area contributed by atoms with Crippen molar-refractivity contribution in [3.05, 3.63) is 28.7 Å². The second kappa shape index (κ2) is 4.69. The molecule has 2 rings (SSSR count). The molecule has 1 aliphatic rings. The van der Waals surface area contributed by atoms with Gasteiger partial charge in [-0.05, 0) is 43.5 Å². The van der Waals surface area contributed by atoms with Gasteiger partial charge in [-0.15, -0.1) is 11.8 Å². The van der Waals surface area contributed by atoms with Crippen molar-refractivity contribution in [1.82, 2.24) is 0 Å². The highest BCUT2D eigenvalue weighted by Gasteiger charge is 2.25. The summed E-state index contributed by atoms with van der Waals surface area (Å²) in [6, 6.07) is 8.28. The van der Waals surface area contributed by atoms with Crippen LogP contribution >= 0.6 is 27.7 Å². The lowest BCUT2D eigenvalue weighted by Gasteiger charge is -2.13. The molecule has 76 valence electrons. The molecule has 2 atom stereocenters. The Hall–Kier alpha value is 0.01000. The SMILES string of the molecule is O[C@@H]1CCC[C@H]1Sc1ccc(Br)cc1. The van der Waals surface area contributed by atoms with Gasteiger partial charge in [-0.25, -0.2) is 0 Å². The number of aliphatic hydroxyl groups excluding tert-OH is 1. The molecule has 0 saturated heterocycles. The monoisotopic (exact) mass is 272 g/mol. The number of benzene rings is 1. The molecule has 1 aliphatic carbocycles. The highest BCUT2D eigenvalue weighted by molar-refractivity contribution is 9.10. The van der Waals surface area contributed by atoms with Gasteiger partial charge in [0, 0.05) is 14.6 Å². The van der Waals surface area contributed by atoms with E-state index in [-0.39, 0.29) is 6.10 Å². The molecule has 1 fully saturated rings. The number of thioether (sulfide) groups is 1. The van der Waals surface area contributed by atoms with Gasteiger partial charge in [0.25, 0.3) is 0 Å². The summed E-state index contributed by atoms with van der Waals surface area (Å²) < 4.78 is 1.11. The van der Waals surface area contributed by atoms with E-state index in [1.54, 1.807) is 11.8 Å². The second-order valence-electron chi connectivity index (χ2n) is 3.61. The summed E-state index contributed by atoms with van der Waals surface area (Å²) in [7, 11) is 0. The standard InChI is InChI=1S/C11H13BrOS/c12-8-4-6-9(7-5-8)14-11-3-1-2-10(11)13/h4-7,10-11,13H,1-3H2/t10-,11-/m1/s1. The third-order valence-corrected chi connectivity index (χ3v) is 4.44. The van der Waals surface area contributed by atoms with E-state index in [1.807, 2.05) is 12.1 Å². The van der Waals surface area contributed by atoms with Crippen molar-refractivity contribution >= 4 is 27.7 Å². The molecule has 0 aliphatic heterocycles. The third-order valence-electron chi connectivity index (χ3n) is 2.52. The van der Waals surface area contributed by atoms with E-state index in [9.17, 15) is 5.11 Å². The van der Waals surface area contributed by atoms with Crippen LogP contribution in [0.5, 0.6) is 0 Å². The lowest BCUT2D eigenvalue weighted by atomic mass is 10.3. The van der Waals surface area contributed by atoms with Crippen molar-refractivity contribution in [2.24, 2.45) is 0 Å². The quantitative estimate of drug-likeness (QED) is 0.890. The molecule has 0 radical (unpaired) electrons. The third kappa shape index (κ3) is 2.53. The minimum Gasteiger partial charge on any atom is -0.392 e. The first-order valence-electron chi connectivity index (χ1n) is 4.86. The van der Waals surface area contributed by atoms with Gasteiger partial charge < -0.3 is 5.11 Å². The molecule has 0 bridgehead atoms. The summed E-state index contributed by atoms with van der Waals surface area (Å²) in [6.07, 6.45) is 3.16. The van der Waals surface area contributed by atoms with Gasteiger partial charge in [-0.2, -0.15) is 0 Å². The van der Waals surface area contributed by atoms with Crippen LogP contribution in [-0.4, -0.2) is 16.5 Å². The fraction of sp³-hybridized carbons (Fsp3) is 0.455. The zero-order chi connectivity index (χ0) is 9.97. The van der Waals surface area contributed by atoms with E-state index in [0.29, 0.717) is 5.25 Å². The Kier molecular flexibility index (Phi) is 3.52. The number of rotatable bonds is 2. The fourth-order valence-electron chi connectivity index (χ4n) is 1.73. The lowest BCUT2D eigenvalue weighted by molar-refractivity contribution is 0.188. The van der Waals surface area contributed by atoms with Gasteiger partial charge in [0.05, 0.1) is 6.10 Å². The minimum atomic E-state index is -0.108. The van der Waals surface area contributed by atoms with Gasteiger partial charge in [-0.3, -0.25) is 0 Å². The van der Waals surface area contributed by atoms with Crippen molar-refractivity contribution < 1.29 is 5.11 Å². The summed E-state index contributed by atoms with van der Waals surface area (Å²) in [5.74, 6) is 0. The van der Waals surface area contributed by atoms with E-state index >= 15 is 0 Å². The Balaban J connectivity index is 2.00. The molecule has 0 amide bonds. The average molecular weight is 273 g/mol. The first kappa shape index (κ1) is 10.5. The van der Waals surface area contributed by atoms with Gasteiger partial charge in [0.2, 0.25) is 0 Å². The van der Waals surface area contributed by atoms with Crippen molar-refractivity contribution in [2.45, 2.75) is 35.5 Å². The van der Waals surface area contributed by atoms with Gasteiger partial charge in [-0.1, -0.05) is 15.9 Å². The number of aliphatic hydroxyl groups is 1. The predicted molar refractivity (Wildman–Crippen MR) is 63.6 cm³/mol. The van der Waals surface area contributed by atoms with Crippen molar-refractivity contribution in [3.63, 3.8) is 0 Å². The maximum atomic E-state index is 9.67. The Labute approximate surface area is 97.0 Å². The molecule has 0 heterocycles.